The van der Waals surface area contributed by atoms with E-state index in [2.05, 4.69) is 15.0 Å². The molecule has 2 aromatic rings. The Hall–Kier alpha value is -1.92. The monoisotopic (exact) mass is 302 g/mol. The number of aliphatic hydroxyl groups is 1. The minimum atomic E-state index is -0.489. The molecule has 0 radical (unpaired) electrons. The summed E-state index contributed by atoms with van der Waals surface area (Å²) in [4.78, 5) is 6.30. The molecule has 1 aliphatic heterocycles. The second-order valence-electron chi connectivity index (χ2n) is 5.69. The van der Waals surface area contributed by atoms with Crippen molar-refractivity contribution in [3.8, 4) is 5.75 Å². The van der Waals surface area contributed by atoms with Crippen LogP contribution in [0.15, 0.2) is 43.0 Å². The van der Waals surface area contributed by atoms with Gasteiger partial charge >= 0.3 is 0 Å². The summed E-state index contributed by atoms with van der Waals surface area (Å²) in [6.45, 7) is 2.79. The van der Waals surface area contributed by atoms with Crippen LogP contribution in [0.5, 0.6) is 5.75 Å². The molecular formula is C16H22N4O2. The van der Waals surface area contributed by atoms with Gasteiger partial charge in [-0.25, -0.2) is 4.98 Å². The van der Waals surface area contributed by atoms with E-state index in [1.165, 1.54) is 0 Å². The van der Waals surface area contributed by atoms with Gasteiger partial charge in [-0.3, -0.25) is 9.58 Å². The van der Waals surface area contributed by atoms with Gasteiger partial charge in [-0.15, -0.1) is 0 Å². The topological polar surface area (TPSA) is 63.4 Å². The first-order valence-electron chi connectivity index (χ1n) is 7.73. The average Bonchev–Trinajstić information content (AvgIpc) is 3.20. The summed E-state index contributed by atoms with van der Waals surface area (Å²) in [6.07, 6.45) is 5.10. The van der Waals surface area contributed by atoms with Gasteiger partial charge in [0.05, 0.1) is 6.54 Å². The molecule has 0 saturated carbocycles. The SMILES string of the molecule is O[C@H](COc1ccccc1)CN1CCC[C@@H]1Cn1cncn1. The zero-order chi connectivity index (χ0) is 15.2. The van der Waals surface area contributed by atoms with Crippen molar-refractivity contribution in [2.24, 2.45) is 0 Å². The average molecular weight is 302 g/mol. The van der Waals surface area contributed by atoms with Gasteiger partial charge in [-0.1, -0.05) is 18.2 Å². The van der Waals surface area contributed by atoms with Gasteiger partial charge in [-0.05, 0) is 31.5 Å². The highest BCUT2D eigenvalue weighted by Gasteiger charge is 2.26. The molecule has 1 N–H and O–H groups in total. The van der Waals surface area contributed by atoms with Crippen molar-refractivity contribution in [1.82, 2.24) is 19.7 Å². The fourth-order valence-electron chi connectivity index (χ4n) is 2.92. The van der Waals surface area contributed by atoms with E-state index in [4.69, 9.17) is 4.74 Å². The first-order valence-corrected chi connectivity index (χ1v) is 7.73. The zero-order valence-electron chi connectivity index (χ0n) is 12.6. The molecule has 0 amide bonds. The van der Waals surface area contributed by atoms with Crippen LogP contribution < -0.4 is 4.74 Å². The molecule has 0 aliphatic carbocycles. The van der Waals surface area contributed by atoms with E-state index in [0.29, 0.717) is 19.2 Å². The Bertz CT molecular complexity index is 547. The molecule has 6 nitrogen and oxygen atoms in total. The summed E-state index contributed by atoms with van der Waals surface area (Å²) in [6, 6.07) is 10.0. The number of para-hydroxylation sites is 1. The van der Waals surface area contributed by atoms with Gasteiger partial charge in [0, 0.05) is 12.6 Å². The molecule has 1 aliphatic rings. The lowest BCUT2D eigenvalue weighted by Crippen LogP contribution is -2.40. The summed E-state index contributed by atoms with van der Waals surface area (Å²) < 4.78 is 7.47. The molecule has 3 rings (SSSR count). The summed E-state index contributed by atoms with van der Waals surface area (Å²) in [5, 5.41) is 14.4. The van der Waals surface area contributed by atoms with Crippen LogP contribution in [0, 0.1) is 0 Å². The summed E-state index contributed by atoms with van der Waals surface area (Å²) in [5.41, 5.74) is 0. The molecule has 0 bridgehead atoms. The van der Waals surface area contributed by atoms with Gasteiger partial charge in [0.2, 0.25) is 0 Å². The second-order valence-corrected chi connectivity index (χ2v) is 5.69. The van der Waals surface area contributed by atoms with Crippen LogP contribution in [-0.4, -0.2) is 56.6 Å². The maximum absolute atomic E-state index is 10.2. The van der Waals surface area contributed by atoms with E-state index < -0.39 is 6.10 Å². The fraction of sp³-hybridized carbons (Fsp3) is 0.500. The van der Waals surface area contributed by atoms with Crippen molar-refractivity contribution in [1.29, 1.82) is 0 Å². The van der Waals surface area contributed by atoms with Gasteiger partial charge in [0.25, 0.3) is 0 Å². The summed E-state index contributed by atoms with van der Waals surface area (Å²) in [7, 11) is 0. The predicted molar refractivity (Wildman–Crippen MR) is 82.6 cm³/mol. The predicted octanol–water partition coefficient (Wildman–Crippen LogP) is 1.18. The number of hydrogen-bond donors (Lipinski definition) is 1. The van der Waals surface area contributed by atoms with E-state index in [9.17, 15) is 5.11 Å². The van der Waals surface area contributed by atoms with Crippen LogP contribution in [0.4, 0.5) is 0 Å². The highest BCUT2D eigenvalue weighted by Crippen LogP contribution is 2.19. The lowest BCUT2D eigenvalue weighted by molar-refractivity contribution is 0.0609. The Kier molecular flexibility index (Phi) is 5.03. The van der Waals surface area contributed by atoms with Crippen molar-refractivity contribution >= 4 is 0 Å². The smallest absolute Gasteiger partial charge is 0.137 e. The molecule has 1 aromatic heterocycles. The van der Waals surface area contributed by atoms with Crippen LogP contribution in [0.2, 0.25) is 0 Å². The van der Waals surface area contributed by atoms with Crippen LogP contribution in [0.1, 0.15) is 12.8 Å². The van der Waals surface area contributed by atoms with E-state index in [1.54, 1.807) is 12.7 Å². The second kappa shape index (κ2) is 7.38. The molecule has 22 heavy (non-hydrogen) atoms. The first-order chi connectivity index (χ1) is 10.8. The van der Waals surface area contributed by atoms with E-state index in [1.807, 2.05) is 35.0 Å². The van der Waals surface area contributed by atoms with Crippen molar-refractivity contribution in [3.05, 3.63) is 43.0 Å². The maximum atomic E-state index is 10.2. The van der Waals surface area contributed by atoms with E-state index in [-0.39, 0.29) is 0 Å². The molecule has 1 saturated heterocycles. The molecule has 2 heterocycles. The third-order valence-corrected chi connectivity index (χ3v) is 3.99. The van der Waals surface area contributed by atoms with Crippen LogP contribution in [0.3, 0.4) is 0 Å². The molecule has 2 atom stereocenters. The summed E-state index contributed by atoms with van der Waals surface area (Å²) in [5.74, 6) is 0.794. The lowest BCUT2D eigenvalue weighted by Gasteiger charge is -2.26. The van der Waals surface area contributed by atoms with Gasteiger partial charge < -0.3 is 9.84 Å². The first kappa shape index (κ1) is 15.0. The normalized spacial score (nSPS) is 20.1. The molecule has 0 spiro atoms. The van der Waals surface area contributed by atoms with Crippen LogP contribution in [-0.2, 0) is 6.54 Å². The molecule has 1 fully saturated rings. The van der Waals surface area contributed by atoms with Crippen LogP contribution in [0.25, 0.3) is 0 Å². The number of hydrogen-bond acceptors (Lipinski definition) is 5. The molecule has 0 unspecified atom stereocenters. The number of ether oxygens (including phenoxy) is 1. The molecule has 118 valence electrons. The third kappa shape index (κ3) is 4.05. The van der Waals surface area contributed by atoms with Crippen molar-refractivity contribution in [2.75, 3.05) is 19.7 Å². The highest BCUT2D eigenvalue weighted by molar-refractivity contribution is 5.20. The number of benzene rings is 1. The number of likely N-dealkylation sites (tertiary alicyclic amines) is 1. The van der Waals surface area contributed by atoms with Gasteiger partial charge in [0.15, 0.2) is 0 Å². The quantitative estimate of drug-likeness (QED) is 0.832. The van der Waals surface area contributed by atoms with E-state index in [0.717, 1.165) is 31.7 Å². The van der Waals surface area contributed by atoms with Crippen molar-refractivity contribution in [3.63, 3.8) is 0 Å². The van der Waals surface area contributed by atoms with Crippen molar-refractivity contribution in [2.45, 2.75) is 31.5 Å². The fourth-order valence-corrected chi connectivity index (χ4v) is 2.92. The summed E-state index contributed by atoms with van der Waals surface area (Å²) >= 11 is 0. The number of aliphatic hydroxyl groups excluding tert-OH is 1. The Morgan fingerprint density at radius 3 is 2.95 bits per heavy atom. The lowest BCUT2D eigenvalue weighted by atomic mass is 10.2. The standard InChI is InChI=1S/C16H22N4O2/c21-15(11-22-16-6-2-1-3-7-16)10-19-8-4-5-14(19)9-20-13-17-12-18-20/h1-3,6-7,12-15,21H,4-5,8-11H2/t14-,15+/m1/s1. The Morgan fingerprint density at radius 1 is 1.32 bits per heavy atom. The number of nitrogens with zero attached hydrogens (tertiary/aromatic N) is 4. The molecule has 1 aromatic carbocycles. The Labute approximate surface area is 130 Å². The number of rotatable bonds is 7. The Morgan fingerprint density at radius 2 is 2.18 bits per heavy atom. The van der Waals surface area contributed by atoms with E-state index >= 15 is 0 Å². The van der Waals surface area contributed by atoms with Crippen LogP contribution >= 0.6 is 0 Å². The minimum Gasteiger partial charge on any atom is -0.491 e. The third-order valence-electron chi connectivity index (χ3n) is 3.99. The van der Waals surface area contributed by atoms with Crippen molar-refractivity contribution < 1.29 is 9.84 Å². The maximum Gasteiger partial charge on any atom is 0.137 e. The minimum absolute atomic E-state index is 0.316. The number of aromatic nitrogens is 3. The zero-order valence-corrected chi connectivity index (χ0v) is 12.6. The largest absolute Gasteiger partial charge is 0.491 e. The highest BCUT2D eigenvalue weighted by atomic mass is 16.5. The van der Waals surface area contributed by atoms with Gasteiger partial charge in [0.1, 0.15) is 31.1 Å². The Balaban J connectivity index is 1.46. The molecule has 6 heteroatoms. The number of β-amino-alcohol motifs (C(OH)–C–C–N with tert-alkyl or cyclic N) is 1. The van der Waals surface area contributed by atoms with Gasteiger partial charge in [-0.2, -0.15) is 5.10 Å². The molecular weight excluding hydrogens is 280 g/mol.